The van der Waals surface area contributed by atoms with E-state index in [9.17, 15) is 4.79 Å². The summed E-state index contributed by atoms with van der Waals surface area (Å²) in [5.41, 5.74) is 1.22. The van der Waals surface area contributed by atoms with E-state index < -0.39 is 0 Å². The standard InChI is InChI=1S/C21H31N5OS/c1-4-25(5-2)20(27)17(3)28-21-23-22-19(16-24-13-9-10-14-24)26(21)15-18-11-7-6-8-12-18/h6-8,11-12,17H,4-5,9-10,13-16H2,1-3H3. The van der Waals surface area contributed by atoms with Gasteiger partial charge in [0.05, 0.1) is 18.3 Å². The van der Waals surface area contributed by atoms with E-state index >= 15 is 0 Å². The first-order chi connectivity index (χ1) is 13.6. The molecule has 1 aliphatic rings. The number of benzene rings is 1. The Morgan fingerprint density at radius 2 is 1.79 bits per heavy atom. The molecule has 6 nitrogen and oxygen atoms in total. The zero-order chi connectivity index (χ0) is 19.9. The highest BCUT2D eigenvalue weighted by Crippen LogP contribution is 2.25. The van der Waals surface area contributed by atoms with Crippen molar-refractivity contribution in [2.45, 2.75) is 57.1 Å². The van der Waals surface area contributed by atoms with Crippen molar-refractivity contribution in [2.24, 2.45) is 0 Å². The number of rotatable bonds is 9. The van der Waals surface area contributed by atoms with Crippen LogP contribution in [0.15, 0.2) is 35.5 Å². The summed E-state index contributed by atoms with van der Waals surface area (Å²) in [5.74, 6) is 1.14. The van der Waals surface area contributed by atoms with E-state index in [4.69, 9.17) is 0 Å². The Bertz CT molecular complexity index is 753. The van der Waals surface area contributed by atoms with Gasteiger partial charge in [-0.1, -0.05) is 42.1 Å². The summed E-state index contributed by atoms with van der Waals surface area (Å²) < 4.78 is 2.18. The van der Waals surface area contributed by atoms with Crippen LogP contribution < -0.4 is 0 Å². The molecule has 7 heteroatoms. The van der Waals surface area contributed by atoms with Crippen LogP contribution in [0.4, 0.5) is 0 Å². The second-order valence-corrected chi connectivity index (χ2v) is 8.53. The van der Waals surface area contributed by atoms with Crippen molar-refractivity contribution >= 4 is 17.7 Å². The molecule has 1 aromatic carbocycles. The molecule has 1 aromatic heterocycles. The van der Waals surface area contributed by atoms with Crippen LogP contribution in [0.2, 0.25) is 0 Å². The minimum atomic E-state index is -0.182. The summed E-state index contributed by atoms with van der Waals surface area (Å²) in [6.07, 6.45) is 2.51. The summed E-state index contributed by atoms with van der Waals surface area (Å²) in [6.45, 7) is 11.3. The van der Waals surface area contributed by atoms with E-state index in [1.807, 2.05) is 31.7 Å². The molecule has 2 heterocycles. The summed E-state index contributed by atoms with van der Waals surface area (Å²) >= 11 is 1.51. The van der Waals surface area contributed by atoms with E-state index in [0.717, 1.165) is 50.2 Å². The van der Waals surface area contributed by atoms with Crippen molar-refractivity contribution in [3.63, 3.8) is 0 Å². The zero-order valence-corrected chi connectivity index (χ0v) is 18.0. The van der Waals surface area contributed by atoms with Crippen LogP contribution in [0.3, 0.4) is 0 Å². The highest BCUT2D eigenvalue weighted by atomic mass is 32.2. The molecule has 0 aliphatic carbocycles. The van der Waals surface area contributed by atoms with Crippen molar-refractivity contribution < 1.29 is 4.79 Å². The lowest BCUT2D eigenvalue weighted by atomic mass is 10.2. The lowest BCUT2D eigenvalue weighted by molar-refractivity contribution is -0.129. The number of amides is 1. The third-order valence-corrected chi connectivity index (χ3v) is 6.31. The first-order valence-electron chi connectivity index (χ1n) is 10.3. The number of thioether (sulfide) groups is 1. The molecule has 0 N–H and O–H groups in total. The topological polar surface area (TPSA) is 54.3 Å². The Hall–Kier alpha value is -1.86. The van der Waals surface area contributed by atoms with Crippen LogP contribution in [0.25, 0.3) is 0 Å². The first-order valence-corrected chi connectivity index (χ1v) is 11.1. The molecule has 3 rings (SSSR count). The van der Waals surface area contributed by atoms with Gasteiger partial charge in [-0.25, -0.2) is 0 Å². The van der Waals surface area contributed by atoms with Gasteiger partial charge in [0.25, 0.3) is 0 Å². The van der Waals surface area contributed by atoms with Gasteiger partial charge in [0.15, 0.2) is 5.16 Å². The number of nitrogens with zero attached hydrogens (tertiary/aromatic N) is 5. The monoisotopic (exact) mass is 401 g/mol. The van der Waals surface area contributed by atoms with Gasteiger partial charge in [-0.2, -0.15) is 0 Å². The Balaban J connectivity index is 1.80. The van der Waals surface area contributed by atoms with Crippen LogP contribution in [-0.4, -0.2) is 61.9 Å². The number of aromatic nitrogens is 3. The maximum absolute atomic E-state index is 12.7. The normalized spacial score (nSPS) is 15.7. The molecule has 0 bridgehead atoms. The highest BCUT2D eigenvalue weighted by molar-refractivity contribution is 8.00. The van der Waals surface area contributed by atoms with Crippen molar-refractivity contribution in [3.05, 3.63) is 41.7 Å². The van der Waals surface area contributed by atoms with Crippen molar-refractivity contribution in [2.75, 3.05) is 26.2 Å². The van der Waals surface area contributed by atoms with Crippen molar-refractivity contribution in [1.82, 2.24) is 24.6 Å². The van der Waals surface area contributed by atoms with Crippen molar-refractivity contribution in [1.29, 1.82) is 0 Å². The second-order valence-electron chi connectivity index (χ2n) is 7.22. The molecule has 0 radical (unpaired) electrons. The van der Waals surface area contributed by atoms with E-state index in [1.54, 1.807) is 0 Å². The Morgan fingerprint density at radius 1 is 1.11 bits per heavy atom. The van der Waals surface area contributed by atoms with Crippen LogP contribution >= 0.6 is 11.8 Å². The molecule has 28 heavy (non-hydrogen) atoms. The number of hydrogen-bond donors (Lipinski definition) is 0. The molecular weight excluding hydrogens is 370 g/mol. The molecule has 152 valence electrons. The van der Waals surface area contributed by atoms with Crippen LogP contribution in [0.1, 0.15) is 45.0 Å². The maximum Gasteiger partial charge on any atom is 0.235 e. The molecule has 2 aromatic rings. The van der Waals surface area contributed by atoms with Gasteiger partial charge in [0.1, 0.15) is 5.82 Å². The van der Waals surface area contributed by atoms with Gasteiger partial charge in [-0.3, -0.25) is 9.69 Å². The van der Waals surface area contributed by atoms with Crippen LogP contribution in [0.5, 0.6) is 0 Å². The molecule has 1 amide bonds. The SMILES string of the molecule is CCN(CC)C(=O)C(C)Sc1nnc(CN2CCCC2)n1Cc1ccccc1. The third kappa shape index (κ3) is 5.14. The minimum absolute atomic E-state index is 0.158. The number of likely N-dealkylation sites (tertiary alicyclic amines) is 1. The predicted molar refractivity (Wildman–Crippen MR) is 113 cm³/mol. The number of carbonyl (C=O) groups is 1. The molecule has 1 aliphatic heterocycles. The summed E-state index contributed by atoms with van der Waals surface area (Å²) in [5, 5.41) is 9.61. The lowest BCUT2D eigenvalue weighted by Crippen LogP contribution is -2.36. The molecule has 1 atom stereocenters. The molecular formula is C21H31N5OS. The summed E-state index contributed by atoms with van der Waals surface area (Å²) in [7, 11) is 0. The van der Waals surface area contributed by atoms with Gasteiger partial charge in [0.2, 0.25) is 5.91 Å². The highest BCUT2D eigenvalue weighted by Gasteiger charge is 2.24. The molecule has 1 saturated heterocycles. The predicted octanol–water partition coefficient (Wildman–Crippen LogP) is 3.27. The second kappa shape index (κ2) is 10.1. The van der Waals surface area contributed by atoms with Crippen LogP contribution in [-0.2, 0) is 17.9 Å². The molecule has 0 saturated carbocycles. The lowest BCUT2D eigenvalue weighted by Gasteiger charge is -2.22. The zero-order valence-electron chi connectivity index (χ0n) is 17.2. The van der Waals surface area contributed by atoms with Gasteiger partial charge in [-0.05, 0) is 52.3 Å². The van der Waals surface area contributed by atoms with E-state index in [-0.39, 0.29) is 11.2 Å². The summed E-state index contributed by atoms with van der Waals surface area (Å²) in [6, 6.07) is 10.4. The fourth-order valence-corrected chi connectivity index (χ4v) is 4.54. The quantitative estimate of drug-likeness (QED) is 0.604. The smallest absolute Gasteiger partial charge is 0.235 e. The van der Waals surface area contributed by atoms with Gasteiger partial charge in [-0.15, -0.1) is 10.2 Å². The van der Waals surface area contributed by atoms with Gasteiger partial charge >= 0.3 is 0 Å². The van der Waals surface area contributed by atoms with E-state index in [0.29, 0.717) is 0 Å². The molecule has 0 spiro atoms. The average molecular weight is 402 g/mol. The molecule has 1 fully saturated rings. The number of carbonyl (C=O) groups excluding carboxylic acids is 1. The Kier molecular flexibility index (Phi) is 7.50. The maximum atomic E-state index is 12.7. The van der Waals surface area contributed by atoms with E-state index in [2.05, 4.69) is 43.9 Å². The fourth-order valence-electron chi connectivity index (χ4n) is 3.59. The van der Waals surface area contributed by atoms with Gasteiger partial charge < -0.3 is 9.47 Å². The Labute approximate surface area is 172 Å². The third-order valence-electron chi connectivity index (χ3n) is 5.25. The van der Waals surface area contributed by atoms with E-state index in [1.165, 1.54) is 30.2 Å². The summed E-state index contributed by atoms with van der Waals surface area (Å²) in [4.78, 5) is 17.0. The first kappa shape index (κ1) is 20.9. The van der Waals surface area contributed by atoms with Crippen LogP contribution in [0, 0.1) is 0 Å². The minimum Gasteiger partial charge on any atom is -0.342 e. The number of hydrogen-bond acceptors (Lipinski definition) is 5. The average Bonchev–Trinajstić information content (AvgIpc) is 3.35. The molecule has 1 unspecified atom stereocenters. The van der Waals surface area contributed by atoms with Crippen molar-refractivity contribution in [3.8, 4) is 0 Å². The Morgan fingerprint density at radius 3 is 2.43 bits per heavy atom. The largest absolute Gasteiger partial charge is 0.342 e. The van der Waals surface area contributed by atoms with Gasteiger partial charge in [0, 0.05) is 13.1 Å². The fraction of sp³-hybridized carbons (Fsp3) is 0.571.